The standard InChI is InChI=1S/C36H55N5O7/c1-7-46-26-19-25-20-41(29(22-40(25)21-26)33(43)37-28-17-18-47-30-16-12-11-15-27(28)30)34(44)31(24-13-9-8-10-14-24)38-32(42)23(2)39(6)35(45)48-36(3,4)5/h11-12,15-16,23-26,28-29,31H,7-10,13-14,17-22H2,1-6H3,(H,37,43)(H,38,42)/t23-,25+,26+,28+,29-,31-/m0/s1. The molecule has 1 aliphatic carbocycles. The van der Waals surface area contributed by atoms with E-state index >= 15 is 0 Å². The van der Waals surface area contributed by atoms with E-state index in [1.807, 2.05) is 31.2 Å². The average molecular weight is 670 g/mol. The van der Waals surface area contributed by atoms with Gasteiger partial charge in [0.1, 0.15) is 29.5 Å². The Balaban J connectivity index is 1.39. The number of rotatable bonds is 9. The van der Waals surface area contributed by atoms with Gasteiger partial charge in [-0.1, -0.05) is 37.5 Å². The molecule has 6 atom stereocenters. The van der Waals surface area contributed by atoms with Crippen molar-refractivity contribution in [3.63, 3.8) is 0 Å². The maximum atomic E-state index is 14.8. The molecule has 266 valence electrons. The molecule has 1 aromatic rings. The minimum absolute atomic E-state index is 0.0409. The van der Waals surface area contributed by atoms with Crippen LogP contribution >= 0.6 is 0 Å². The Labute approximate surface area is 285 Å². The molecule has 0 spiro atoms. The van der Waals surface area contributed by atoms with Gasteiger partial charge in [-0.15, -0.1) is 0 Å². The summed E-state index contributed by atoms with van der Waals surface area (Å²) in [4.78, 5) is 60.8. The quantitative estimate of drug-likeness (QED) is 0.408. The number of nitrogens with zero attached hydrogens (tertiary/aromatic N) is 3. The lowest BCUT2D eigenvalue weighted by atomic mass is 9.82. The molecule has 3 fully saturated rings. The molecule has 0 unspecified atom stereocenters. The fourth-order valence-corrected chi connectivity index (χ4v) is 7.58. The van der Waals surface area contributed by atoms with Crippen LogP contribution in [0.25, 0.3) is 0 Å². The number of benzene rings is 1. The molecule has 0 radical (unpaired) electrons. The summed E-state index contributed by atoms with van der Waals surface area (Å²) in [6.45, 7) is 11.5. The van der Waals surface area contributed by atoms with Crippen molar-refractivity contribution in [3.05, 3.63) is 29.8 Å². The summed E-state index contributed by atoms with van der Waals surface area (Å²) in [6, 6.07) is 5.12. The van der Waals surface area contributed by atoms with Crippen LogP contribution in [0, 0.1) is 5.92 Å². The van der Waals surface area contributed by atoms with Crippen molar-refractivity contribution < 1.29 is 33.4 Å². The summed E-state index contributed by atoms with van der Waals surface area (Å²) in [5.74, 6) is -0.194. The molecule has 0 bridgehead atoms. The largest absolute Gasteiger partial charge is 0.493 e. The zero-order valence-corrected chi connectivity index (χ0v) is 29.5. The third-order valence-corrected chi connectivity index (χ3v) is 10.3. The fraction of sp³-hybridized carbons (Fsp3) is 0.722. The van der Waals surface area contributed by atoms with Crippen LogP contribution < -0.4 is 15.4 Å². The molecular weight excluding hydrogens is 614 g/mol. The van der Waals surface area contributed by atoms with Crippen molar-refractivity contribution in [1.82, 2.24) is 25.3 Å². The van der Waals surface area contributed by atoms with E-state index in [9.17, 15) is 19.2 Å². The number of amides is 4. The monoisotopic (exact) mass is 669 g/mol. The van der Waals surface area contributed by atoms with E-state index in [1.54, 1.807) is 32.6 Å². The fourth-order valence-electron chi connectivity index (χ4n) is 7.58. The molecule has 4 aliphatic rings. The Kier molecular flexibility index (Phi) is 11.6. The number of ether oxygens (including phenoxy) is 3. The van der Waals surface area contributed by atoms with Gasteiger partial charge in [0.2, 0.25) is 17.7 Å². The molecule has 0 aromatic heterocycles. The molecule has 1 saturated carbocycles. The van der Waals surface area contributed by atoms with Gasteiger partial charge < -0.3 is 29.7 Å². The number of para-hydroxylation sites is 1. The minimum Gasteiger partial charge on any atom is -0.493 e. The maximum Gasteiger partial charge on any atom is 0.410 e. The number of carbonyl (C=O) groups excluding carboxylic acids is 4. The van der Waals surface area contributed by atoms with Crippen LogP contribution in [0.2, 0.25) is 0 Å². The molecule has 2 N–H and O–H groups in total. The first-order valence-corrected chi connectivity index (χ1v) is 17.8. The SMILES string of the molecule is CCO[C@@H]1C[C@@H]2CN(C(=O)[C@@H](NC(=O)[C@H](C)N(C)C(=O)OC(C)(C)C)C3CCCCC3)[C@H](C(=O)N[C@@H]3CCOc4ccccc43)CN2C1. The first kappa shape index (κ1) is 35.9. The second-order valence-electron chi connectivity index (χ2n) is 14.8. The van der Waals surface area contributed by atoms with Crippen molar-refractivity contribution in [2.24, 2.45) is 5.92 Å². The Morgan fingerprint density at radius 3 is 2.48 bits per heavy atom. The van der Waals surface area contributed by atoms with Gasteiger partial charge in [0.05, 0.1) is 18.8 Å². The first-order chi connectivity index (χ1) is 22.9. The zero-order valence-electron chi connectivity index (χ0n) is 29.5. The number of likely N-dealkylation sites (N-methyl/N-ethyl adjacent to an activating group) is 1. The third-order valence-electron chi connectivity index (χ3n) is 10.3. The molecular formula is C36H55N5O7. The average Bonchev–Trinajstić information content (AvgIpc) is 3.46. The third kappa shape index (κ3) is 8.42. The van der Waals surface area contributed by atoms with Crippen LogP contribution in [-0.4, -0.2) is 114 Å². The van der Waals surface area contributed by atoms with Crippen molar-refractivity contribution >= 4 is 23.8 Å². The van der Waals surface area contributed by atoms with Crippen LogP contribution in [0.5, 0.6) is 5.75 Å². The van der Waals surface area contributed by atoms with Gasteiger partial charge in [-0.3, -0.25) is 24.2 Å². The number of nitrogens with one attached hydrogen (secondary N) is 2. The van der Waals surface area contributed by atoms with Crippen LogP contribution in [-0.2, 0) is 23.9 Å². The Hall–Kier alpha value is -3.38. The van der Waals surface area contributed by atoms with Crippen LogP contribution in [0.1, 0.15) is 91.2 Å². The highest BCUT2D eigenvalue weighted by molar-refractivity contribution is 5.94. The Morgan fingerprint density at radius 2 is 1.77 bits per heavy atom. The molecule has 12 nitrogen and oxygen atoms in total. The van der Waals surface area contributed by atoms with E-state index < -0.39 is 35.7 Å². The van der Waals surface area contributed by atoms with Gasteiger partial charge in [0.25, 0.3) is 0 Å². The zero-order chi connectivity index (χ0) is 34.6. The number of fused-ring (bicyclic) bond motifs is 2. The van der Waals surface area contributed by atoms with Crippen molar-refractivity contribution in [2.75, 3.05) is 39.9 Å². The molecule has 4 amide bonds. The molecule has 1 aromatic carbocycles. The van der Waals surface area contributed by atoms with Crippen molar-refractivity contribution in [3.8, 4) is 5.75 Å². The van der Waals surface area contributed by atoms with E-state index in [0.29, 0.717) is 39.3 Å². The summed E-state index contributed by atoms with van der Waals surface area (Å²) in [7, 11) is 1.53. The number of carbonyl (C=O) groups is 4. The minimum atomic E-state index is -0.870. The topological polar surface area (TPSA) is 130 Å². The van der Waals surface area contributed by atoms with Gasteiger partial charge in [-0.25, -0.2) is 4.79 Å². The van der Waals surface area contributed by atoms with E-state index in [4.69, 9.17) is 14.2 Å². The second kappa shape index (κ2) is 15.4. The Bertz CT molecular complexity index is 1310. The summed E-state index contributed by atoms with van der Waals surface area (Å²) in [6.07, 6.45) is 5.47. The summed E-state index contributed by atoms with van der Waals surface area (Å²) < 4.78 is 17.3. The highest BCUT2D eigenvalue weighted by Gasteiger charge is 2.48. The van der Waals surface area contributed by atoms with Crippen LogP contribution in [0.4, 0.5) is 4.79 Å². The maximum absolute atomic E-state index is 14.8. The van der Waals surface area contributed by atoms with Gasteiger partial charge in [0.15, 0.2) is 0 Å². The molecule has 12 heteroatoms. The normalized spacial score (nSPS) is 25.9. The summed E-state index contributed by atoms with van der Waals surface area (Å²) in [5.41, 5.74) is 0.213. The highest BCUT2D eigenvalue weighted by atomic mass is 16.6. The summed E-state index contributed by atoms with van der Waals surface area (Å²) >= 11 is 0. The molecule has 3 heterocycles. The van der Waals surface area contributed by atoms with Gasteiger partial charge >= 0.3 is 6.09 Å². The van der Waals surface area contributed by atoms with Gasteiger partial charge in [-0.2, -0.15) is 0 Å². The lowest BCUT2D eigenvalue weighted by molar-refractivity contribution is -0.150. The van der Waals surface area contributed by atoms with Gasteiger partial charge in [0, 0.05) is 51.3 Å². The van der Waals surface area contributed by atoms with Crippen molar-refractivity contribution in [2.45, 2.75) is 121 Å². The number of piperazine rings is 1. The number of hydrogen-bond donors (Lipinski definition) is 2. The van der Waals surface area contributed by atoms with Gasteiger partial charge in [-0.05, 0) is 65.9 Å². The molecule has 2 saturated heterocycles. The number of hydrogen-bond acceptors (Lipinski definition) is 8. The van der Waals surface area contributed by atoms with E-state index in [2.05, 4.69) is 15.5 Å². The molecule has 48 heavy (non-hydrogen) atoms. The predicted molar refractivity (Wildman–Crippen MR) is 180 cm³/mol. The molecule has 5 rings (SSSR count). The smallest absolute Gasteiger partial charge is 0.410 e. The predicted octanol–water partition coefficient (Wildman–Crippen LogP) is 3.64. The van der Waals surface area contributed by atoms with Crippen molar-refractivity contribution in [1.29, 1.82) is 0 Å². The second-order valence-corrected chi connectivity index (χ2v) is 14.8. The first-order valence-electron chi connectivity index (χ1n) is 17.8. The molecule has 3 aliphatic heterocycles. The Morgan fingerprint density at radius 1 is 1.04 bits per heavy atom. The lowest BCUT2D eigenvalue weighted by Crippen LogP contribution is -2.66. The van der Waals surface area contributed by atoms with E-state index in [-0.39, 0.29) is 35.9 Å². The lowest BCUT2D eigenvalue weighted by Gasteiger charge is -2.45. The van der Waals surface area contributed by atoms with E-state index in [0.717, 1.165) is 49.8 Å². The summed E-state index contributed by atoms with van der Waals surface area (Å²) in [5, 5.41) is 6.31. The highest BCUT2D eigenvalue weighted by Crippen LogP contribution is 2.34. The van der Waals surface area contributed by atoms with Crippen LogP contribution in [0.15, 0.2) is 24.3 Å². The van der Waals surface area contributed by atoms with Crippen LogP contribution in [0.3, 0.4) is 0 Å². The van der Waals surface area contributed by atoms with E-state index in [1.165, 1.54) is 11.9 Å².